The molecule has 2 N–H and O–H groups in total. The highest BCUT2D eigenvalue weighted by atomic mass is 32.2. The van der Waals surface area contributed by atoms with Crippen molar-refractivity contribution in [2.24, 2.45) is 5.92 Å². The Balaban J connectivity index is 1.56. The van der Waals surface area contributed by atoms with Gasteiger partial charge in [-0.2, -0.15) is 0 Å². The number of carbonyl (C=O) groups is 1. The monoisotopic (exact) mass is 423 g/mol. The molecule has 2 fully saturated rings. The zero-order valence-electron chi connectivity index (χ0n) is 17.8. The number of anilines is 1. The quantitative estimate of drug-likeness (QED) is 0.703. The lowest BCUT2D eigenvalue weighted by molar-refractivity contribution is 0.193. The molecule has 8 heteroatoms. The van der Waals surface area contributed by atoms with Crippen molar-refractivity contribution in [3.05, 3.63) is 23.3 Å². The largest absolute Gasteiger partial charge is 0.493 e. The van der Waals surface area contributed by atoms with Gasteiger partial charge >= 0.3 is 6.03 Å². The predicted molar refractivity (Wildman–Crippen MR) is 115 cm³/mol. The van der Waals surface area contributed by atoms with Crippen LogP contribution in [0, 0.1) is 19.8 Å². The smallest absolute Gasteiger partial charge is 0.321 e. The SMILES string of the molecule is Cc1ccc(NC(=O)N2CCC(NS(=O)(=O)C(C)C)CC2)c(C)c1OCC1CC1. The molecule has 0 aromatic heterocycles. The van der Waals surface area contributed by atoms with Gasteiger partial charge in [-0.1, -0.05) is 6.07 Å². The molecule has 1 heterocycles. The van der Waals surface area contributed by atoms with Crippen LogP contribution in [0.1, 0.15) is 50.7 Å². The molecule has 0 spiro atoms. The first-order valence-electron chi connectivity index (χ1n) is 10.5. The number of sulfonamides is 1. The molecule has 0 bridgehead atoms. The van der Waals surface area contributed by atoms with E-state index in [0.717, 1.165) is 29.2 Å². The summed E-state index contributed by atoms with van der Waals surface area (Å²) in [6, 6.07) is 3.61. The minimum atomic E-state index is -3.29. The Bertz CT molecular complexity index is 842. The van der Waals surface area contributed by atoms with Gasteiger partial charge in [0, 0.05) is 30.4 Å². The Morgan fingerprint density at radius 1 is 1.17 bits per heavy atom. The highest BCUT2D eigenvalue weighted by Gasteiger charge is 2.28. The van der Waals surface area contributed by atoms with Crippen LogP contribution in [0.4, 0.5) is 10.5 Å². The number of nitrogens with one attached hydrogen (secondary N) is 2. The maximum Gasteiger partial charge on any atom is 0.321 e. The fraction of sp³-hybridized carbons (Fsp3) is 0.667. The van der Waals surface area contributed by atoms with Crippen LogP contribution in [0.3, 0.4) is 0 Å². The standard InChI is InChI=1S/C21H33N3O4S/c1-14(2)29(26,27)23-18-9-11-24(12-10-18)21(25)22-19-8-5-15(3)20(16(19)4)28-13-17-6-7-17/h5,8,14,17-18,23H,6-7,9-13H2,1-4H3,(H,22,25). The second-order valence-electron chi connectivity index (χ2n) is 8.54. The van der Waals surface area contributed by atoms with E-state index in [4.69, 9.17) is 4.74 Å². The Morgan fingerprint density at radius 3 is 2.41 bits per heavy atom. The molecular weight excluding hydrogens is 390 g/mol. The number of urea groups is 1. The fourth-order valence-corrected chi connectivity index (χ4v) is 4.41. The van der Waals surface area contributed by atoms with E-state index in [9.17, 15) is 13.2 Å². The van der Waals surface area contributed by atoms with Crippen molar-refractivity contribution in [2.75, 3.05) is 25.0 Å². The lowest BCUT2D eigenvalue weighted by atomic mass is 10.1. The summed E-state index contributed by atoms with van der Waals surface area (Å²) in [5.41, 5.74) is 2.77. The van der Waals surface area contributed by atoms with Crippen LogP contribution in [0.15, 0.2) is 12.1 Å². The number of hydrogen-bond donors (Lipinski definition) is 2. The molecule has 1 aliphatic carbocycles. The zero-order valence-corrected chi connectivity index (χ0v) is 18.6. The molecule has 1 aromatic rings. The highest BCUT2D eigenvalue weighted by Crippen LogP contribution is 2.34. The molecule has 0 radical (unpaired) electrons. The first-order valence-corrected chi connectivity index (χ1v) is 12.0. The van der Waals surface area contributed by atoms with Gasteiger partial charge in [-0.15, -0.1) is 0 Å². The Kier molecular flexibility index (Phi) is 6.73. The number of aryl methyl sites for hydroxylation is 1. The molecule has 1 aliphatic heterocycles. The minimum absolute atomic E-state index is 0.116. The summed E-state index contributed by atoms with van der Waals surface area (Å²) in [4.78, 5) is 14.5. The molecule has 162 valence electrons. The number of likely N-dealkylation sites (tertiary alicyclic amines) is 1. The molecule has 0 unspecified atom stereocenters. The van der Waals surface area contributed by atoms with Crippen molar-refractivity contribution in [3.63, 3.8) is 0 Å². The lowest BCUT2D eigenvalue weighted by Crippen LogP contribution is -2.48. The van der Waals surface area contributed by atoms with Gasteiger partial charge in [0.05, 0.1) is 11.9 Å². The van der Waals surface area contributed by atoms with Crippen LogP contribution < -0.4 is 14.8 Å². The maximum atomic E-state index is 12.7. The Morgan fingerprint density at radius 2 is 1.83 bits per heavy atom. The molecule has 2 amide bonds. The van der Waals surface area contributed by atoms with Crippen molar-refractivity contribution in [2.45, 2.75) is 64.7 Å². The molecule has 29 heavy (non-hydrogen) atoms. The van der Waals surface area contributed by atoms with E-state index in [0.29, 0.717) is 31.8 Å². The van der Waals surface area contributed by atoms with Crippen LogP contribution in [0.2, 0.25) is 0 Å². The molecule has 7 nitrogen and oxygen atoms in total. The van der Waals surface area contributed by atoms with Crippen LogP contribution in [-0.2, 0) is 10.0 Å². The van der Waals surface area contributed by atoms with E-state index in [1.165, 1.54) is 12.8 Å². The molecule has 1 aromatic carbocycles. The number of carbonyl (C=O) groups excluding carboxylic acids is 1. The van der Waals surface area contributed by atoms with E-state index in [-0.39, 0.29) is 12.1 Å². The summed E-state index contributed by atoms with van der Waals surface area (Å²) < 4.78 is 32.8. The van der Waals surface area contributed by atoms with E-state index in [1.807, 2.05) is 26.0 Å². The second-order valence-corrected chi connectivity index (χ2v) is 10.8. The number of piperidine rings is 1. The second kappa shape index (κ2) is 8.92. The molecule has 1 saturated heterocycles. The van der Waals surface area contributed by atoms with Gasteiger partial charge < -0.3 is 15.0 Å². The van der Waals surface area contributed by atoms with E-state index in [1.54, 1.807) is 18.7 Å². The van der Waals surface area contributed by atoms with Crippen LogP contribution in [0.5, 0.6) is 5.75 Å². The van der Waals surface area contributed by atoms with Gasteiger partial charge in [-0.05, 0) is 70.9 Å². The summed E-state index contributed by atoms with van der Waals surface area (Å²) in [5, 5.41) is 2.55. The summed E-state index contributed by atoms with van der Waals surface area (Å²) >= 11 is 0. The summed E-state index contributed by atoms with van der Waals surface area (Å²) in [7, 11) is -3.29. The van der Waals surface area contributed by atoms with Crippen molar-refractivity contribution >= 4 is 21.7 Å². The average Bonchev–Trinajstić information content (AvgIpc) is 3.48. The first-order chi connectivity index (χ1) is 13.7. The fourth-order valence-electron chi connectivity index (χ4n) is 3.43. The number of ether oxygens (including phenoxy) is 1. The normalized spacial score (nSPS) is 18.2. The highest BCUT2D eigenvalue weighted by molar-refractivity contribution is 7.90. The number of rotatable bonds is 7. The molecule has 3 rings (SSSR count). The van der Waals surface area contributed by atoms with E-state index >= 15 is 0 Å². The third kappa shape index (κ3) is 5.63. The molecule has 1 saturated carbocycles. The van der Waals surface area contributed by atoms with Crippen molar-refractivity contribution in [1.29, 1.82) is 0 Å². The summed E-state index contributed by atoms with van der Waals surface area (Å²) in [6.07, 6.45) is 3.69. The first kappa shape index (κ1) is 21.9. The third-order valence-electron chi connectivity index (χ3n) is 5.74. The zero-order chi connectivity index (χ0) is 21.2. The van der Waals surface area contributed by atoms with E-state index < -0.39 is 15.3 Å². The Hall–Kier alpha value is -1.80. The van der Waals surface area contributed by atoms with Gasteiger partial charge in [0.2, 0.25) is 10.0 Å². The van der Waals surface area contributed by atoms with Gasteiger partial charge in [0.15, 0.2) is 0 Å². The lowest BCUT2D eigenvalue weighted by Gasteiger charge is -2.32. The van der Waals surface area contributed by atoms with Crippen LogP contribution >= 0.6 is 0 Å². The van der Waals surface area contributed by atoms with E-state index in [2.05, 4.69) is 10.0 Å². The third-order valence-corrected chi connectivity index (χ3v) is 7.64. The van der Waals surface area contributed by atoms with Gasteiger partial charge in [0.1, 0.15) is 5.75 Å². The van der Waals surface area contributed by atoms with Crippen LogP contribution in [-0.4, -0.2) is 50.3 Å². The predicted octanol–water partition coefficient (Wildman–Crippen LogP) is 3.42. The number of hydrogen-bond acceptors (Lipinski definition) is 4. The average molecular weight is 424 g/mol. The summed E-state index contributed by atoms with van der Waals surface area (Å²) in [5.74, 6) is 1.53. The summed E-state index contributed by atoms with van der Waals surface area (Å²) in [6.45, 7) is 9.09. The van der Waals surface area contributed by atoms with Gasteiger partial charge in [-0.3, -0.25) is 0 Å². The Labute approximate surface area is 174 Å². The maximum absolute atomic E-state index is 12.7. The molecule has 0 atom stereocenters. The molecular formula is C21H33N3O4S. The van der Waals surface area contributed by atoms with Crippen molar-refractivity contribution in [3.8, 4) is 5.75 Å². The van der Waals surface area contributed by atoms with Gasteiger partial charge in [-0.25, -0.2) is 17.9 Å². The topological polar surface area (TPSA) is 87.7 Å². The minimum Gasteiger partial charge on any atom is -0.493 e. The number of amides is 2. The van der Waals surface area contributed by atoms with Crippen molar-refractivity contribution < 1.29 is 17.9 Å². The number of nitrogens with zero attached hydrogens (tertiary/aromatic N) is 1. The van der Waals surface area contributed by atoms with Gasteiger partial charge in [0.25, 0.3) is 0 Å². The molecule has 2 aliphatic rings. The van der Waals surface area contributed by atoms with Crippen molar-refractivity contribution in [1.82, 2.24) is 9.62 Å². The van der Waals surface area contributed by atoms with Crippen LogP contribution in [0.25, 0.3) is 0 Å². The number of benzene rings is 1.